The second kappa shape index (κ2) is 10.4. The Labute approximate surface area is 136 Å². The number of hydrogen-bond donors (Lipinski definition) is 3. The number of carbonyl (C=O) groups is 3. The van der Waals surface area contributed by atoms with E-state index in [2.05, 4.69) is 10.6 Å². The van der Waals surface area contributed by atoms with Crippen molar-refractivity contribution in [3.63, 3.8) is 0 Å². The zero-order chi connectivity index (χ0) is 17.1. The van der Waals surface area contributed by atoms with Crippen molar-refractivity contribution in [2.75, 3.05) is 13.1 Å². The number of aliphatic carboxylic acids is 1. The first-order chi connectivity index (χ1) is 11.0. The number of carboxylic acids is 1. The minimum Gasteiger partial charge on any atom is -0.481 e. The summed E-state index contributed by atoms with van der Waals surface area (Å²) in [6, 6.07) is 9.28. The molecule has 23 heavy (non-hydrogen) atoms. The summed E-state index contributed by atoms with van der Waals surface area (Å²) in [5.74, 6) is -2.11. The Morgan fingerprint density at radius 2 is 1.65 bits per heavy atom. The normalized spacial score (nSPS) is 11.5. The minimum absolute atomic E-state index is 0.0552. The van der Waals surface area contributed by atoms with Gasteiger partial charge in [-0.15, -0.1) is 0 Å². The van der Waals surface area contributed by atoms with E-state index < -0.39 is 11.9 Å². The Morgan fingerprint density at radius 1 is 1.04 bits per heavy atom. The molecule has 0 saturated carbocycles. The molecule has 6 nitrogen and oxygen atoms in total. The number of rotatable bonds is 10. The molecule has 0 radical (unpaired) electrons. The molecule has 126 valence electrons. The van der Waals surface area contributed by atoms with Crippen LogP contribution in [0.5, 0.6) is 0 Å². The number of benzene rings is 1. The van der Waals surface area contributed by atoms with Gasteiger partial charge in [0.1, 0.15) is 0 Å². The smallest absolute Gasteiger partial charge is 0.308 e. The average molecular weight is 320 g/mol. The van der Waals surface area contributed by atoms with Crippen LogP contribution in [0.3, 0.4) is 0 Å². The lowest BCUT2D eigenvalue weighted by Crippen LogP contribution is -2.34. The lowest BCUT2D eigenvalue weighted by atomic mass is 9.99. The molecule has 0 saturated heterocycles. The van der Waals surface area contributed by atoms with Gasteiger partial charge in [0.2, 0.25) is 11.8 Å². The van der Waals surface area contributed by atoms with Crippen molar-refractivity contribution in [2.24, 2.45) is 5.92 Å². The average Bonchev–Trinajstić information content (AvgIpc) is 2.55. The Hall–Kier alpha value is -2.37. The van der Waals surface area contributed by atoms with E-state index >= 15 is 0 Å². The molecule has 0 spiro atoms. The largest absolute Gasteiger partial charge is 0.481 e. The van der Waals surface area contributed by atoms with Crippen LogP contribution in [0.4, 0.5) is 0 Å². The Bertz CT molecular complexity index is 517. The zero-order valence-corrected chi connectivity index (χ0v) is 13.4. The monoisotopic (exact) mass is 320 g/mol. The van der Waals surface area contributed by atoms with Crippen LogP contribution in [0.2, 0.25) is 0 Å². The van der Waals surface area contributed by atoms with Crippen LogP contribution in [0, 0.1) is 5.92 Å². The van der Waals surface area contributed by atoms with Gasteiger partial charge in [0.15, 0.2) is 0 Å². The summed E-state index contributed by atoms with van der Waals surface area (Å²) in [6.45, 7) is 2.60. The second-order valence-corrected chi connectivity index (χ2v) is 5.38. The molecule has 0 aliphatic carbocycles. The number of nitrogens with one attached hydrogen (secondary N) is 2. The number of carbonyl (C=O) groups excluding carboxylic acids is 2. The Morgan fingerprint density at radius 3 is 2.22 bits per heavy atom. The highest BCUT2D eigenvalue weighted by molar-refractivity contribution is 5.84. The number of carboxylic acid groups (broad SMARTS) is 1. The molecular formula is C17H24N2O4. The number of hydrogen-bond acceptors (Lipinski definition) is 3. The molecule has 3 N–H and O–H groups in total. The van der Waals surface area contributed by atoms with Crippen LogP contribution in [-0.2, 0) is 20.8 Å². The molecule has 0 aliphatic heterocycles. The molecule has 1 aromatic rings. The fourth-order valence-electron chi connectivity index (χ4n) is 2.05. The molecular weight excluding hydrogens is 296 g/mol. The molecule has 0 aromatic heterocycles. The van der Waals surface area contributed by atoms with Crippen molar-refractivity contribution >= 4 is 17.8 Å². The summed E-state index contributed by atoms with van der Waals surface area (Å²) >= 11 is 0. The van der Waals surface area contributed by atoms with Gasteiger partial charge in [0.25, 0.3) is 0 Å². The van der Waals surface area contributed by atoms with E-state index in [9.17, 15) is 19.5 Å². The molecule has 2 amide bonds. The fraction of sp³-hybridized carbons (Fsp3) is 0.471. The molecule has 0 aliphatic rings. The van der Waals surface area contributed by atoms with Crippen molar-refractivity contribution in [3.05, 3.63) is 35.9 Å². The van der Waals surface area contributed by atoms with Gasteiger partial charge >= 0.3 is 5.97 Å². The van der Waals surface area contributed by atoms with Gasteiger partial charge in [0, 0.05) is 25.9 Å². The van der Waals surface area contributed by atoms with E-state index in [4.69, 9.17) is 0 Å². The second-order valence-electron chi connectivity index (χ2n) is 5.38. The summed E-state index contributed by atoms with van der Waals surface area (Å²) in [5, 5.41) is 14.5. The van der Waals surface area contributed by atoms with Gasteiger partial charge in [-0.3, -0.25) is 14.4 Å². The summed E-state index contributed by atoms with van der Waals surface area (Å²) < 4.78 is 0. The molecule has 1 atom stereocenters. The van der Waals surface area contributed by atoms with Gasteiger partial charge in [-0.05, 0) is 18.4 Å². The number of amides is 2. The van der Waals surface area contributed by atoms with Crippen molar-refractivity contribution in [1.82, 2.24) is 10.6 Å². The fourth-order valence-corrected chi connectivity index (χ4v) is 2.05. The van der Waals surface area contributed by atoms with Crippen LogP contribution >= 0.6 is 0 Å². The SMILES string of the molecule is CCCNC(=O)CCC(=O)NCC(Cc1ccccc1)C(=O)O. The van der Waals surface area contributed by atoms with Crippen LogP contribution in [-0.4, -0.2) is 36.0 Å². The van der Waals surface area contributed by atoms with Crippen molar-refractivity contribution in [3.8, 4) is 0 Å². The molecule has 0 heterocycles. The predicted octanol–water partition coefficient (Wildman–Crippen LogP) is 1.35. The summed E-state index contributed by atoms with van der Waals surface area (Å²) in [7, 11) is 0. The first-order valence-corrected chi connectivity index (χ1v) is 7.83. The molecule has 1 rings (SSSR count). The van der Waals surface area contributed by atoms with E-state index in [1.54, 1.807) is 0 Å². The van der Waals surface area contributed by atoms with Gasteiger partial charge in [-0.1, -0.05) is 37.3 Å². The van der Waals surface area contributed by atoms with Gasteiger partial charge in [0.05, 0.1) is 5.92 Å². The van der Waals surface area contributed by atoms with Crippen molar-refractivity contribution < 1.29 is 19.5 Å². The maximum atomic E-state index is 11.7. The zero-order valence-electron chi connectivity index (χ0n) is 13.4. The highest BCUT2D eigenvalue weighted by Gasteiger charge is 2.19. The van der Waals surface area contributed by atoms with Crippen molar-refractivity contribution in [1.29, 1.82) is 0 Å². The minimum atomic E-state index is -0.949. The maximum Gasteiger partial charge on any atom is 0.308 e. The highest BCUT2D eigenvalue weighted by Crippen LogP contribution is 2.08. The van der Waals surface area contributed by atoms with E-state index in [1.165, 1.54) is 0 Å². The standard InChI is InChI=1S/C17H24N2O4/c1-2-10-18-15(20)8-9-16(21)19-12-14(17(22)23)11-13-6-4-3-5-7-13/h3-7,14H,2,8-12H2,1H3,(H,18,20)(H,19,21)(H,22,23). The van der Waals surface area contributed by atoms with E-state index in [0.717, 1.165) is 12.0 Å². The first-order valence-electron chi connectivity index (χ1n) is 7.83. The third-order valence-corrected chi connectivity index (χ3v) is 3.37. The Kier molecular flexibility index (Phi) is 8.42. The van der Waals surface area contributed by atoms with E-state index in [0.29, 0.717) is 13.0 Å². The summed E-state index contributed by atoms with van der Waals surface area (Å²) in [4.78, 5) is 34.4. The van der Waals surface area contributed by atoms with Gasteiger partial charge < -0.3 is 15.7 Å². The lowest BCUT2D eigenvalue weighted by molar-refractivity contribution is -0.141. The molecule has 1 unspecified atom stereocenters. The quantitative estimate of drug-likeness (QED) is 0.606. The Balaban J connectivity index is 2.36. The third kappa shape index (κ3) is 7.99. The molecule has 1 aromatic carbocycles. The predicted molar refractivity (Wildman–Crippen MR) is 86.8 cm³/mol. The van der Waals surface area contributed by atoms with Crippen LogP contribution < -0.4 is 10.6 Å². The van der Waals surface area contributed by atoms with Crippen LogP contribution in [0.1, 0.15) is 31.7 Å². The molecule has 6 heteroatoms. The summed E-state index contributed by atoms with van der Waals surface area (Å²) in [5.41, 5.74) is 0.910. The maximum absolute atomic E-state index is 11.7. The third-order valence-electron chi connectivity index (χ3n) is 3.37. The van der Waals surface area contributed by atoms with Crippen molar-refractivity contribution in [2.45, 2.75) is 32.6 Å². The molecule has 0 bridgehead atoms. The van der Waals surface area contributed by atoms with E-state index in [1.807, 2.05) is 37.3 Å². The van der Waals surface area contributed by atoms with Crippen LogP contribution in [0.25, 0.3) is 0 Å². The topological polar surface area (TPSA) is 95.5 Å². The van der Waals surface area contributed by atoms with Gasteiger partial charge in [-0.2, -0.15) is 0 Å². The summed E-state index contributed by atoms with van der Waals surface area (Å²) in [6.07, 6.45) is 1.38. The highest BCUT2D eigenvalue weighted by atomic mass is 16.4. The van der Waals surface area contributed by atoms with Gasteiger partial charge in [-0.25, -0.2) is 0 Å². The van der Waals surface area contributed by atoms with Crippen LogP contribution in [0.15, 0.2) is 30.3 Å². The first kappa shape index (κ1) is 18.7. The lowest BCUT2D eigenvalue weighted by Gasteiger charge is -2.13. The van der Waals surface area contributed by atoms with E-state index in [-0.39, 0.29) is 31.2 Å². The molecule has 0 fully saturated rings.